The minimum Gasteiger partial charge on any atom is -0.481 e. The number of anilines is 1. The van der Waals surface area contributed by atoms with Crippen LogP contribution in [0.25, 0.3) is 0 Å². The Balaban J connectivity index is 2.17. The van der Waals surface area contributed by atoms with Crippen LogP contribution in [0.1, 0.15) is 31.2 Å². The van der Waals surface area contributed by atoms with E-state index in [1.807, 2.05) is 12.1 Å². The number of piperidine rings is 1. The highest BCUT2D eigenvalue weighted by atomic mass is 16.4. The van der Waals surface area contributed by atoms with E-state index in [1.54, 1.807) is 12.1 Å². The second kappa shape index (κ2) is 5.54. The van der Waals surface area contributed by atoms with Crippen molar-refractivity contribution in [1.82, 2.24) is 0 Å². The molecule has 1 heterocycles. The first-order chi connectivity index (χ1) is 8.70. The highest BCUT2D eigenvalue weighted by Crippen LogP contribution is 2.26. The molecular weight excluding hydrogens is 228 g/mol. The van der Waals surface area contributed by atoms with Crippen molar-refractivity contribution >= 4 is 11.7 Å². The van der Waals surface area contributed by atoms with E-state index < -0.39 is 5.97 Å². The fraction of sp³-hybridized carbons (Fsp3) is 0.429. The van der Waals surface area contributed by atoms with Crippen LogP contribution in [0.2, 0.25) is 0 Å². The van der Waals surface area contributed by atoms with Crippen LogP contribution in [0.15, 0.2) is 24.3 Å². The molecule has 4 heteroatoms. The monoisotopic (exact) mass is 244 g/mol. The normalized spacial score (nSPS) is 19.3. The Morgan fingerprint density at radius 1 is 1.39 bits per heavy atom. The van der Waals surface area contributed by atoms with Gasteiger partial charge in [0.05, 0.1) is 18.1 Å². The van der Waals surface area contributed by atoms with Crippen molar-refractivity contribution in [1.29, 1.82) is 5.26 Å². The molecule has 1 saturated heterocycles. The van der Waals surface area contributed by atoms with Crippen LogP contribution in [-0.2, 0) is 4.79 Å². The summed E-state index contributed by atoms with van der Waals surface area (Å²) in [6.07, 6.45) is 3.28. The van der Waals surface area contributed by atoms with Crippen molar-refractivity contribution in [3.63, 3.8) is 0 Å². The van der Waals surface area contributed by atoms with E-state index in [-0.39, 0.29) is 12.5 Å². The Labute approximate surface area is 106 Å². The number of carboxylic acids is 1. The van der Waals surface area contributed by atoms with E-state index in [9.17, 15) is 4.79 Å². The van der Waals surface area contributed by atoms with Crippen molar-refractivity contribution in [3.8, 4) is 6.07 Å². The van der Waals surface area contributed by atoms with Gasteiger partial charge in [0.2, 0.25) is 0 Å². The van der Waals surface area contributed by atoms with Gasteiger partial charge >= 0.3 is 5.97 Å². The van der Waals surface area contributed by atoms with Crippen molar-refractivity contribution in [3.05, 3.63) is 29.8 Å². The zero-order chi connectivity index (χ0) is 13.0. The molecular formula is C14H16N2O2. The average molecular weight is 244 g/mol. The van der Waals surface area contributed by atoms with Gasteiger partial charge in [0.1, 0.15) is 0 Å². The van der Waals surface area contributed by atoms with Crippen LogP contribution in [0, 0.1) is 11.3 Å². The van der Waals surface area contributed by atoms with Gasteiger partial charge in [0, 0.05) is 18.3 Å². The Morgan fingerprint density at radius 2 is 2.11 bits per heavy atom. The summed E-state index contributed by atoms with van der Waals surface area (Å²) in [4.78, 5) is 13.0. The summed E-state index contributed by atoms with van der Waals surface area (Å²) in [5.74, 6) is -0.749. The van der Waals surface area contributed by atoms with Crippen LogP contribution in [0.3, 0.4) is 0 Å². The molecule has 1 fully saturated rings. The van der Waals surface area contributed by atoms with Gasteiger partial charge in [0.15, 0.2) is 0 Å². The molecule has 4 nitrogen and oxygen atoms in total. The van der Waals surface area contributed by atoms with Crippen LogP contribution in [0.4, 0.5) is 5.69 Å². The maximum Gasteiger partial charge on any atom is 0.305 e. The highest BCUT2D eigenvalue weighted by molar-refractivity contribution is 5.68. The summed E-state index contributed by atoms with van der Waals surface area (Å²) in [5.41, 5.74) is 1.64. The second-order valence-corrected chi connectivity index (χ2v) is 4.60. The first-order valence-corrected chi connectivity index (χ1v) is 6.19. The van der Waals surface area contributed by atoms with Crippen molar-refractivity contribution in [2.45, 2.75) is 31.7 Å². The van der Waals surface area contributed by atoms with E-state index in [0.717, 1.165) is 31.5 Å². The van der Waals surface area contributed by atoms with Crippen LogP contribution < -0.4 is 4.90 Å². The maximum absolute atomic E-state index is 10.9. The lowest BCUT2D eigenvalue weighted by Crippen LogP contribution is -2.40. The number of hydrogen-bond donors (Lipinski definition) is 1. The average Bonchev–Trinajstić information content (AvgIpc) is 2.39. The van der Waals surface area contributed by atoms with Crippen LogP contribution >= 0.6 is 0 Å². The largest absolute Gasteiger partial charge is 0.481 e. The number of rotatable bonds is 3. The van der Waals surface area contributed by atoms with E-state index in [0.29, 0.717) is 5.56 Å². The molecule has 0 aromatic heterocycles. The SMILES string of the molecule is N#Cc1ccc(N2CCCCC2CC(=O)O)cc1. The number of carbonyl (C=O) groups is 1. The first-order valence-electron chi connectivity index (χ1n) is 6.19. The molecule has 1 aliphatic rings. The van der Waals surface area contributed by atoms with Crippen molar-refractivity contribution in [2.24, 2.45) is 0 Å². The van der Waals surface area contributed by atoms with Crippen LogP contribution in [0.5, 0.6) is 0 Å². The third-order valence-electron chi connectivity index (χ3n) is 3.37. The predicted octanol–water partition coefficient (Wildman–Crippen LogP) is 2.39. The zero-order valence-corrected chi connectivity index (χ0v) is 10.2. The lowest BCUT2D eigenvalue weighted by atomic mass is 9.98. The molecule has 0 spiro atoms. The molecule has 1 unspecified atom stereocenters. The van der Waals surface area contributed by atoms with E-state index in [1.165, 1.54) is 0 Å². The van der Waals surface area contributed by atoms with Gasteiger partial charge in [-0.1, -0.05) is 0 Å². The minimum atomic E-state index is -0.749. The van der Waals surface area contributed by atoms with Gasteiger partial charge in [0.25, 0.3) is 0 Å². The minimum absolute atomic E-state index is 0.0733. The molecule has 0 bridgehead atoms. The van der Waals surface area contributed by atoms with Gasteiger partial charge in [-0.15, -0.1) is 0 Å². The number of nitrogens with zero attached hydrogens (tertiary/aromatic N) is 2. The number of nitriles is 1. The molecule has 2 rings (SSSR count). The fourth-order valence-electron chi connectivity index (χ4n) is 2.48. The van der Waals surface area contributed by atoms with E-state index in [2.05, 4.69) is 11.0 Å². The lowest BCUT2D eigenvalue weighted by molar-refractivity contribution is -0.137. The zero-order valence-electron chi connectivity index (χ0n) is 10.2. The lowest BCUT2D eigenvalue weighted by Gasteiger charge is -2.36. The molecule has 0 aliphatic carbocycles. The van der Waals surface area contributed by atoms with Crippen LogP contribution in [-0.4, -0.2) is 23.7 Å². The van der Waals surface area contributed by atoms with E-state index in [4.69, 9.17) is 10.4 Å². The van der Waals surface area contributed by atoms with Gasteiger partial charge < -0.3 is 10.0 Å². The summed E-state index contributed by atoms with van der Waals surface area (Å²) in [6, 6.07) is 9.52. The summed E-state index contributed by atoms with van der Waals surface area (Å²) >= 11 is 0. The smallest absolute Gasteiger partial charge is 0.305 e. The Bertz CT molecular complexity index is 462. The topological polar surface area (TPSA) is 64.3 Å². The molecule has 1 aliphatic heterocycles. The summed E-state index contributed by atoms with van der Waals surface area (Å²) in [7, 11) is 0. The number of hydrogen-bond acceptors (Lipinski definition) is 3. The Hall–Kier alpha value is -2.02. The molecule has 0 saturated carbocycles. The third-order valence-corrected chi connectivity index (χ3v) is 3.37. The quantitative estimate of drug-likeness (QED) is 0.886. The van der Waals surface area contributed by atoms with Crippen molar-refractivity contribution in [2.75, 3.05) is 11.4 Å². The third kappa shape index (κ3) is 2.80. The molecule has 1 aromatic rings. The van der Waals surface area contributed by atoms with Gasteiger partial charge in [-0.3, -0.25) is 4.79 Å². The fourth-order valence-corrected chi connectivity index (χ4v) is 2.48. The Kier molecular flexibility index (Phi) is 3.83. The van der Waals surface area contributed by atoms with Gasteiger partial charge in [-0.25, -0.2) is 0 Å². The molecule has 1 aromatic carbocycles. The summed E-state index contributed by atoms with van der Waals surface area (Å²) in [6.45, 7) is 0.893. The number of benzene rings is 1. The molecule has 1 atom stereocenters. The van der Waals surface area contributed by atoms with Gasteiger partial charge in [-0.05, 0) is 43.5 Å². The van der Waals surface area contributed by atoms with E-state index >= 15 is 0 Å². The molecule has 18 heavy (non-hydrogen) atoms. The predicted molar refractivity (Wildman–Crippen MR) is 68.4 cm³/mol. The van der Waals surface area contributed by atoms with Crippen molar-refractivity contribution < 1.29 is 9.90 Å². The second-order valence-electron chi connectivity index (χ2n) is 4.60. The molecule has 1 N–H and O–H groups in total. The molecule has 94 valence electrons. The highest BCUT2D eigenvalue weighted by Gasteiger charge is 2.24. The standard InChI is InChI=1S/C14H16N2O2/c15-10-11-4-6-12(7-5-11)16-8-2-1-3-13(16)9-14(17)18/h4-7,13H,1-3,8-9H2,(H,17,18). The maximum atomic E-state index is 10.9. The first kappa shape index (κ1) is 12.4. The molecule has 0 radical (unpaired) electrons. The summed E-state index contributed by atoms with van der Waals surface area (Å²) < 4.78 is 0. The number of carboxylic acid groups (broad SMARTS) is 1. The Morgan fingerprint density at radius 3 is 2.72 bits per heavy atom. The summed E-state index contributed by atoms with van der Waals surface area (Å²) in [5, 5.41) is 17.7. The number of aliphatic carboxylic acids is 1. The molecule has 0 amide bonds. The van der Waals surface area contributed by atoms with Gasteiger partial charge in [-0.2, -0.15) is 5.26 Å².